The Labute approximate surface area is 178 Å². The summed E-state index contributed by atoms with van der Waals surface area (Å²) in [6.45, 7) is 3.22. The van der Waals surface area contributed by atoms with Gasteiger partial charge in [0.1, 0.15) is 0 Å². The molecule has 30 heavy (non-hydrogen) atoms. The molecule has 0 amide bonds. The van der Waals surface area contributed by atoms with Crippen molar-refractivity contribution in [3.63, 3.8) is 0 Å². The van der Waals surface area contributed by atoms with E-state index < -0.39 is 5.97 Å². The van der Waals surface area contributed by atoms with E-state index in [-0.39, 0.29) is 5.56 Å². The molecule has 0 bridgehead atoms. The number of pyridine rings is 1. The number of benzene rings is 2. The average molecular weight is 404 g/mol. The molecule has 2 N–H and O–H groups in total. The molecule has 0 unspecified atom stereocenters. The molecule has 0 aliphatic heterocycles. The second-order valence-electron chi connectivity index (χ2n) is 7.22. The standard InChI is InChI=1S/C18H21N.C7H8N2O2/c1-2-19(17-10-4-3-5-11-17)18-13-12-15-8-6-7-9-16(15)14-18;1-8-6-4-9-3-2-5(6)7(10)11/h3-5,10-14H,2,6-9H2,1H3;2-4,8H,1H3,(H,10,11). The van der Waals surface area contributed by atoms with Gasteiger partial charge >= 0.3 is 5.97 Å². The van der Waals surface area contributed by atoms with E-state index >= 15 is 0 Å². The third-order valence-electron chi connectivity index (χ3n) is 5.35. The first kappa shape index (κ1) is 21.4. The number of para-hydroxylation sites is 1. The summed E-state index contributed by atoms with van der Waals surface area (Å²) >= 11 is 0. The van der Waals surface area contributed by atoms with Gasteiger partial charge in [-0.25, -0.2) is 4.79 Å². The summed E-state index contributed by atoms with van der Waals surface area (Å²) in [5.41, 5.74) is 6.48. The van der Waals surface area contributed by atoms with E-state index in [0.29, 0.717) is 5.69 Å². The maximum absolute atomic E-state index is 10.5. The highest BCUT2D eigenvalue weighted by Gasteiger charge is 2.13. The second-order valence-corrected chi connectivity index (χ2v) is 7.22. The largest absolute Gasteiger partial charge is 0.478 e. The Bertz CT molecular complexity index is 973. The van der Waals surface area contributed by atoms with E-state index in [0.717, 1.165) is 6.54 Å². The fourth-order valence-corrected chi connectivity index (χ4v) is 3.79. The Balaban J connectivity index is 0.000000199. The van der Waals surface area contributed by atoms with Gasteiger partial charge in [-0.15, -0.1) is 0 Å². The predicted octanol–water partition coefficient (Wildman–Crippen LogP) is 5.54. The zero-order valence-electron chi connectivity index (χ0n) is 17.6. The summed E-state index contributed by atoms with van der Waals surface area (Å²) in [7, 11) is 1.66. The average Bonchev–Trinajstić information content (AvgIpc) is 2.80. The van der Waals surface area contributed by atoms with Gasteiger partial charge in [-0.3, -0.25) is 4.98 Å². The van der Waals surface area contributed by atoms with Gasteiger partial charge in [-0.2, -0.15) is 0 Å². The van der Waals surface area contributed by atoms with Crippen LogP contribution in [0.3, 0.4) is 0 Å². The minimum Gasteiger partial charge on any atom is -0.478 e. The first-order valence-corrected chi connectivity index (χ1v) is 10.4. The number of anilines is 3. The second kappa shape index (κ2) is 10.4. The normalized spacial score (nSPS) is 12.2. The third kappa shape index (κ3) is 5.17. The lowest BCUT2D eigenvalue weighted by atomic mass is 9.91. The Kier molecular flexibility index (Phi) is 7.44. The van der Waals surface area contributed by atoms with Crippen molar-refractivity contribution in [3.05, 3.63) is 83.7 Å². The summed E-state index contributed by atoms with van der Waals surface area (Å²) in [6, 6.07) is 19.1. The maximum atomic E-state index is 10.5. The molecule has 156 valence electrons. The number of hydrogen-bond donors (Lipinski definition) is 2. The monoisotopic (exact) mass is 403 g/mol. The highest BCUT2D eigenvalue weighted by molar-refractivity contribution is 5.93. The topological polar surface area (TPSA) is 65.5 Å². The van der Waals surface area contributed by atoms with Crippen LogP contribution in [0.5, 0.6) is 0 Å². The summed E-state index contributed by atoms with van der Waals surface area (Å²) < 4.78 is 0. The molecule has 5 nitrogen and oxygen atoms in total. The fourth-order valence-electron chi connectivity index (χ4n) is 3.79. The molecule has 1 aliphatic carbocycles. The van der Waals surface area contributed by atoms with Crippen LogP contribution >= 0.6 is 0 Å². The Morgan fingerprint density at radius 1 is 1.03 bits per heavy atom. The maximum Gasteiger partial charge on any atom is 0.337 e. The molecule has 0 atom stereocenters. The molecule has 3 aromatic rings. The van der Waals surface area contributed by atoms with Crippen molar-refractivity contribution in [2.75, 3.05) is 23.8 Å². The predicted molar refractivity (Wildman–Crippen MR) is 123 cm³/mol. The minimum absolute atomic E-state index is 0.238. The lowest BCUT2D eigenvalue weighted by Crippen LogP contribution is -2.16. The van der Waals surface area contributed by atoms with Gasteiger partial charge in [0.25, 0.3) is 0 Å². The van der Waals surface area contributed by atoms with Gasteiger partial charge < -0.3 is 15.3 Å². The van der Waals surface area contributed by atoms with Gasteiger partial charge in [0.15, 0.2) is 0 Å². The number of carboxylic acids is 1. The van der Waals surface area contributed by atoms with E-state index in [1.165, 1.54) is 55.5 Å². The molecule has 2 aromatic carbocycles. The Morgan fingerprint density at radius 3 is 2.40 bits per heavy atom. The summed E-state index contributed by atoms with van der Waals surface area (Å²) in [5, 5.41) is 11.4. The van der Waals surface area contributed by atoms with Crippen LogP contribution in [0.1, 0.15) is 41.3 Å². The highest BCUT2D eigenvalue weighted by Crippen LogP contribution is 2.30. The van der Waals surface area contributed by atoms with Crippen molar-refractivity contribution in [1.82, 2.24) is 4.98 Å². The lowest BCUT2D eigenvalue weighted by molar-refractivity contribution is 0.0698. The van der Waals surface area contributed by atoms with E-state index in [9.17, 15) is 4.79 Å². The molecule has 0 saturated heterocycles. The molecule has 0 saturated carbocycles. The van der Waals surface area contributed by atoms with Crippen LogP contribution < -0.4 is 10.2 Å². The van der Waals surface area contributed by atoms with Crippen LogP contribution in [0.2, 0.25) is 0 Å². The lowest BCUT2D eigenvalue weighted by Gasteiger charge is -2.25. The van der Waals surface area contributed by atoms with Gasteiger partial charge in [-0.1, -0.05) is 24.3 Å². The van der Waals surface area contributed by atoms with Crippen LogP contribution in [-0.4, -0.2) is 29.7 Å². The SMILES string of the molecule is CCN(c1ccccc1)c1ccc2c(c1)CCCC2.CNc1cnccc1C(=O)O. The zero-order chi connectivity index (χ0) is 21.3. The molecule has 0 spiro atoms. The first-order valence-electron chi connectivity index (χ1n) is 10.4. The number of carbonyl (C=O) groups is 1. The van der Waals surface area contributed by atoms with E-state index in [4.69, 9.17) is 5.11 Å². The van der Waals surface area contributed by atoms with Crippen molar-refractivity contribution in [2.24, 2.45) is 0 Å². The molecule has 4 rings (SSSR count). The van der Waals surface area contributed by atoms with Gasteiger partial charge in [0, 0.05) is 31.2 Å². The number of rotatable bonds is 5. The van der Waals surface area contributed by atoms with Crippen molar-refractivity contribution in [3.8, 4) is 0 Å². The number of fused-ring (bicyclic) bond motifs is 1. The Hall–Kier alpha value is -3.34. The van der Waals surface area contributed by atoms with Gasteiger partial charge in [0.2, 0.25) is 0 Å². The molecule has 0 radical (unpaired) electrons. The summed E-state index contributed by atoms with van der Waals surface area (Å²) in [6.07, 6.45) is 8.12. The summed E-state index contributed by atoms with van der Waals surface area (Å²) in [5.74, 6) is -0.947. The van der Waals surface area contributed by atoms with Crippen molar-refractivity contribution < 1.29 is 9.90 Å². The zero-order valence-corrected chi connectivity index (χ0v) is 17.6. The van der Waals surface area contributed by atoms with E-state index in [1.54, 1.807) is 18.2 Å². The van der Waals surface area contributed by atoms with Crippen LogP contribution in [0, 0.1) is 0 Å². The minimum atomic E-state index is -0.947. The van der Waals surface area contributed by atoms with Crippen molar-refractivity contribution in [1.29, 1.82) is 0 Å². The van der Waals surface area contributed by atoms with Crippen molar-refractivity contribution >= 4 is 23.0 Å². The number of aryl methyl sites for hydroxylation is 2. The van der Waals surface area contributed by atoms with Crippen LogP contribution in [0.4, 0.5) is 17.1 Å². The Morgan fingerprint density at radius 2 is 1.77 bits per heavy atom. The van der Waals surface area contributed by atoms with Crippen molar-refractivity contribution in [2.45, 2.75) is 32.6 Å². The smallest absolute Gasteiger partial charge is 0.337 e. The molecular formula is C25H29N3O2. The molecule has 1 aromatic heterocycles. The van der Waals surface area contributed by atoms with E-state index in [2.05, 4.69) is 70.7 Å². The number of hydrogen-bond acceptors (Lipinski definition) is 4. The van der Waals surface area contributed by atoms with Gasteiger partial charge in [-0.05, 0) is 74.1 Å². The number of carboxylic acid groups (broad SMARTS) is 1. The molecule has 0 fully saturated rings. The number of nitrogens with zero attached hydrogens (tertiary/aromatic N) is 2. The third-order valence-corrected chi connectivity index (χ3v) is 5.35. The number of nitrogens with one attached hydrogen (secondary N) is 1. The number of aromatic nitrogens is 1. The summed E-state index contributed by atoms with van der Waals surface area (Å²) in [4.78, 5) is 16.7. The fraction of sp³-hybridized carbons (Fsp3) is 0.280. The molecule has 5 heteroatoms. The quantitative estimate of drug-likeness (QED) is 0.585. The van der Waals surface area contributed by atoms with E-state index in [1.807, 2.05) is 0 Å². The number of aromatic carboxylic acids is 1. The van der Waals surface area contributed by atoms with Gasteiger partial charge in [0.05, 0.1) is 17.4 Å². The highest BCUT2D eigenvalue weighted by atomic mass is 16.4. The molecule has 1 heterocycles. The van der Waals surface area contributed by atoms with Crippen LogP contribution in [0.25, 0.3) is 0 Å². The van der Waals surface area contributed by atoms with Crippen LogP contribution in [0.15, 0.2) is 67.0 Å². The first-order chi connectivity index (χ1) is 14.6. The molecule has 1 aliphatic rings. The van der Waals surface area contributed by atoms with Crippen LogP contribution in [-0.2, 0) is 12.8 Å². The molecular weight excluding hydrogens is 374 g/mol.